The van der Waals surface area contributed by atoms with Crippen molar-refractivity contribution < 1.29 is 4.79 Å². The zero-order chi connectivity index (χ0) is 12.1. The van der Waals surface area contributed by atoms with E-state index in [0.717, 1.165) is 30.3 Å². The van der Waals surface area contributed by atoms with Crippen LogP contribution >= 0.6 is 0 Å². The van der Waals surface area contributed by atoms with Crippen LogP contribution in [0.3, 0.4) is 0 Å². The smallest absolute Gasteiger partial charge is 0.326 e. The highest BCUT2D eigenvalue weighted by Gasteiger charge is 2.06. The van der Waals surface area contributed by atoms with Crippen LogP contribution in [0.15, 0.2) is 36.5 Å². The molecule has 1 aromatic heterocycles. The van der Waals surface area contributed by atoms with Crippen molar-refractivity contribution in [2.45, 2.75) is 26.2 Å². The zero-order valence-electron chi connectivity index (χ0n) is 10.1. The molecule has 2 aromatic rings. The molecular formula is C14H18N2O. The number of carbonyl (C=O) groups excluding carboxylic acids is 1. The van der Waals surface area contributed by atoms with Crippen LogP contribution in [0.25, 0.3) is 10.9 Å². The van der Waals surface area contributed by atoms with Gasteiger partial charge in [0, 0.05) is 18.1 Å². The molecule has 1 amide bonds. The Bertz CT molecular complexity index is 502. The number of aromatic nitrogens is 1. The molecule has 0 saturated carbocycles. The second-order valence-electron chi connectivity index (χ2n) is 4.18. The third-order valence-electron chi connectivity index (χ3n) is 2.87. The fourth-order valence-electron chi connectivity index (χ4n) is 1.92. The van der Waals surface area contributed by atoms with Crippen LogP contribution in [-0.4, -0.2) is 17.1 Å². The Morgan fingerprint density at radius 2 is 2.06 bits per heavy atom. The molecule has 0 atom stereocenters. The Balaban J connectivity index is 2.04. The molecule has 0 saturated heterocycles. The summed E-state index contributed by atoms with van der Waals surface area (Å²) in [5, 5.41) is 4.03. The van der Waals surface area contributed by atoms with Crippen molar-refractivity contribution in [3.8, 4) is 0 Å². The van der Waals surface area contributed by atoms with Gasteiger partial charge in [-0.1, -0.05) is 38.0 Å². The number of hydrogen-bond acceptors (Lipinski definition) is 1. The molecule has 0 aliphatic carbocycles. The van der Waals surface area contributed by atoms with Gasteiger partial charge in [-0.2, -0.15) is 0 Å². The molecule has 3 heteroatoms. The number of nitrogens with one attached hydrogen (secondary N) is 1. The van der Waals surface area contributed by atoms with Gasteiger partial charge in [-0.25, -0.2) is 4.79 Å². The van der Waals surface area contributed by atoms with E-state index in [4.69, 9.17) is 0 Å². The van der Waals surface area contributed by atoms with Gasteiger partial charge in [0.05, 0.1) is 5.52 Å². The first kappa shape index (κ1) is 11.7. The van der Waals surface area contributed by atoms with Gasteiger partial charge >= 0.3 is 6.03 Å². The molecule has 1 heterocycles. The third-order valence-corrected chi connectivity index (χ3v) is 2.87. The van der Waals surface area contributed by atoms with Crippen molar-refractivity contribution in [2.75, 3.05) is 6.54 Å². The van der Waals surface area contributed by atoms with Crippen molar-refractivity contribution in [1.29, 1.82) is 0 Å². The fourth-order valence-corrected chi connectivity index (χ4v) is 1.92. The van der Waals surface area contributed by atoms with Crippen LogP contribution in [-0.2, 0) is 0 Å². The molecule has 0 spiro atoms. The van der Waals surface area contributed by atoms with Crippen LogP contribution in [0.4, 0.5) is 4.79 Å². The second-order valence-corrected chi connectivity index (χ2v) is 4.18. The topological polar surface area (TPSA) is 34.0 Å². The minimum absolute atomic E-state index is 0.0395. The van der Waals surface area contributed by atoms with Gasteiger partial charge < -0.3 is 5.32 Å². The maximum Gasteiger partial charge on any atom is 0.326 e. The Hall–Kier alpha value is -1.77. The highest BCUT2D eigenvalue weighted by atomic mass is 16.2. The molecule has 0 fully saturated rings. The van der Waals surface area contributed by atoms with Gasteiger partial charge in [0.2, 0.25) is 0 Å². The molecule has 1 N–H and O–H groups in total. The summed E-state index contributed by atoms with van der Waals surface area (Å²) in [5.41, 5.74) is 0.959. The predicted molar refractivity (Wildman–Crippen MR) is 70.3 cm³/mol. The number of hydrogen-bond donors (Lipinski definition) is 1. The second kappa shape index (κ2) is 5.53. The first-order valence-electron chi connectivity index (χ1n) is 6.17. The summed E-state index contributed by atoms with van der Waals surface area (Å²) in [6, 6.07) is 9.81. The van der Waals surface area contributed by atoms with Gasteiger partial charge in [0.25, 0.3) is 0 Å². The molecule has 1 aromatic carbocycles. The Labute approximate surface area is 101 Å². The average Bonchev–Trinajstić information content (AvgIpc) is 2.78. The minimum Gasteiger partial charge on any atom is -0.337 e. The molecule has 0 aliphatic heterocycles. The van der Waals surface area contributed by atoms with E-state index in [1.54, 1.807) is 4.57 Å². The van der Waals surface area contributed by atoms with E-state index in [9.17, 15) is 4.79 Å². The molecule has 0 bridgehead atoms. The average molecular weight is 230 g/mol. The Morgan fingerprint density at radius 3 is 2.88 bits per heavy atom. The standard InChI is InChI=1S/C14H18N2O/c1-2-3-6-10-15-14(17)16-11-9-12-7-4-5-8-13(12)16/h4-5,7-9,11H,2-3,6,10H2,1H3,(H,15,17). The van der Waals surface area contributed by atoms with Gasteiger partial charge in [0.15, 0.2) is 0 Å². The molecule has 2 rings (SSSR count). The SMILES string of the molecule is CCCCCNC(=O)n1ccc2ccccc21. The monoisotopic (exact) mass is 230 g/mol. The number of unbranched alkanes of at least 4 members (excludes halogenated alkanes) is 2. The van der Waals surface area contributed by atoms with Crippen molar-refractivity contribution >= 4 is 16.9 Å². The fraction of sp³-hybridized carbons (Fsp3) is 0.357. The van der Waals surface area contributed by atoms with Gasteiger partial charge in [-0.15, -0.1) is 0 Å². The largest absolute Gasteiger partial charge is 0.337 e. The minimum atomic E-state index is -0.0395. The molecule has 0 unspecified atom stereocenters. The van der Waals surface area contributed by atoms with Crippen LogP contribution in [0.1, 0.15) is 26.2 Å². The number of amides is 1. The Morgan fingerprint density at radius 1 is 1.24 bits per heavy atom. The number of fused-ring (bicyclic) bond motifs is 1. The van der Waals surface area contributed by atoms with E-state index >= 15 is 0 Å². The first-order chi connectivity index (χ1) is 8.33. The van der Waals surface area contributed by atoms with Crippen molar-refractivity contribution in [3.63, 3.8) is 0 Å². The Kier molecular flexibility index (Phi) is 3.81. The van der Waals surface area contributed by atoms with E-state index in [1.165, 1.54) is 6.42 Å². The lowest BCUT2D eigenvalue weighted by atomic mass is 10.2. The number of benzene rings is 1. The number of carbonyl (C=O) groups is 1. The van der Waals surface area contributed by atoms with E-state index in [-0.39, 0.29) is 6.03 Å². The van der Waals surface area contributed by atoms with Gasteiger partial charge in [-0.3, -0.25) is 4.57 Å². The maximum atomic E-state index is 11.9. The number of para-hydroxylation sites is 1. The molecule has 0 radical (unpaired) electrons. The lowest BCUT2D eigenvalue weighted by Crippen LogP contribution is -2.28. The van der Waals surface area contributed by atoms with Crippen molar-refractivity contribution in [2.24, 2.45) is 0 Å². The summed E-state index contributed by atoms with van der Waals surface area (Å²) in [6.45, 7) is 2.90. The van der Waals surface area contributed by atoms with Crippen LogP contribution < -0.4 is 5.32 Å². The van der Waals surface area contributed by atoms with Crippen LogP contribution in [0, 0.1) is 0 Å². The molecule has 17 heavy (non-hydrogen) atoms. The maximum absolute atomic E-state index is 11.9. The summed E-state index contributed by atoms with van der Waals surface area (Å²) in [5.74, 6) is 0. The van der Waals surface area contributed by atoms with E-state index in [0.29, 0.717) is 0 Å². The van der Waals surface area contributed by atoms with Crippen LogP contribution in [0.2, 0.25) is 0 Å². The van der Waals surface area contributed by atoms with Gasteiger partial charge in [-0.05, 0) is 18.6 Å². The summed E-state index contributed by atoms with van der Waals surface area (Å²) in [4.78, 5) is 11.9. The first-order valence-corrected chi connectivity index (χ1v) is 6.17. The number of nitrogens with zero attached hydrogens (tertiary/aromatic N) is 1. The van der Waals surface area contributed by atoms with Crippen molar-refractivity contribution in [3.05, 3.63) is 36.5 Å². The lowest BCUT2D eigenvalue weighted by Gasteiger charge is -2.06. The molecular weight excluding hydrogens is 212 g/mol. The van der Waals surface area contributed by atoms with E-state index in [2.05, 4.69) is 12.2 Å². The van der Waals surface area contributed by atoms with Crippen molar-refractivity contribution in [1.82, 2.24) is 9.88 Å². The van der Waals surface area contributed by atoms with E-state index < -0.39 is 0 Å². The number of rotatable bonds is 4. The predicted octanol–water partition coefficient (Wildman–Crippen LogP) is 3.39. The van der Waals surface area contributed by atoms with E-state index in [1.807, 2.05) is 36.5 Å². The third kappa shape index (κ3) is 2.67. The molecule has 90 valence electrons. The lowest BCUT2D eigenvalue weighted by molar-refractivity contribution is 0.243. The molecule has 0 aliphatic rings. The summed E-state index contributed by atoms with van der Waals surface area (Å²) in [6.07, 6.45) is 5.19. The summed E-state index contributed by atoms with van der Waals surface area (Å²) >= 11 is 0. The summed E-state index contributed by atoms with van der Waals surface area (Å²) in [7, 11) is 0. The summed E-state index contributed by atoms with van der Waals surface area (Å²) < 4.78 is 1.67. The molecule has 3 nitrogen and oxygen atoms in total. The highest BCUT2D eigenvalue weighted by Crippen LogP contribution is 2.14. The normalized spacial score (nSPS) is 10.6. The highest BCUT2D eigenvalue weighted by molar-refractivity contribution is 5.91. The van der Waals surface area contributed by atoms with Crippen LogP contribution in [0.5, 0.6) is 0 Å². The quantitative estimate of drug-likeness (QED) is 0.803. The van der Waals surface area contributed by atoms with Gasteiger partial charge in [0.1, 0.15) is 0 Å². The zero-order valence-corrected chi connectivity index (χ0v) is 10.1.